The minimum Gasteiger partial charge on any atom is -0.366 e. The van der Waals surface area contributed by atoms with Crippen molar-refractivity contribution in [2.45, 2.75) is 26.3 Å². The molecule has 1 heterocycles. The van der Waals surface area contributed by atoms with E-state index < -0.39 is 0 Å². The molecule has 1 aromatic heterocycles. The highest BCUT2D eigenvalue weighted by molar-refractivity contribution is 5.47. The van der Waals surface area contributed by atoms with E-state index in [1.165, 1.54) is 0 Å². The van der Waals surface area contributed by atoms with Crippen LogP contribution in [0.15, 0.2) is 30.3 Å². The molecule has 0 saturated heterocycles. The van der Waals surface area contributed by atoms with Gasteiger partial charge >= 0.3 is 0 Å². The first-order valence-electron chi connectivity index (χ1n) is 6.71. The fraction of sp³-hybridized carbons (Fsp3) is 0.267. The van der Waals surface area contributed by atoms with Crippen molar-refractivity contribution in [1.29, 1.82) is 5.26 Å². The van der Waals surface area contributed by atoms with Crippen molar-refractivity contribution in [3.63, 3.8) is 0 Å². The number of aromatic nitrogens is 2. The van der Waals surface area contributed by atoms with Crippen LogP contribution in [0.25, 0.3) is 0 Å². The van der Waals surface area contributed by atoms with Crippen LogP contribution < -0.4 is 16.6 Å². The lowest BCUT2D eigenvalue weighted by Gasteiger charge is -2.11. The van der Waals surface area contributed by atoms with Crippen molar-refractivity contribution >= 4 is 11.6 Å². The lowest BCUT2D eigenvalue weighted by Crippen LogP contribution is -2.13. The molecule has 0 amide bonds. The molecule has 0 radical (unpaired) electrons. The number of nitrogens with two attached hydrogens (primary N) is 1. The third-order valence-corrected chi connectivity index (χ3v) is 2.94. The van der Waals surface area contributed by atoms with E-state index in [1.54, 1.807) is 12.1 Å². The number of hydrogen-bond donors (Lipinski definition) is 3. The Labute approximate surface area is 124 Å². The summed E-state index contributed by atoms with van der Waals surface area (Å²) in [6.07, 6.45) is 0. The molecule has 21 heavy (non-hydrogen) atoms. The smallest absolute Gasteiger partial charge is 0.145 e. The Morgan fingerprint density at radius 1 is 1.24 bits per heavy atom. The number of nitrogen functional groups attached to an aromatic ring is 1. The minimum atomic E-state index is 0.209. The van der Waals surface area contributed by atoms with Gasteiger partial charge in [0.1, 0.15) is 17.5 Å². The predicted octanol–water partition coefficient (Wildman–Crippen LogP) is 2.37. The summed E-state index contributed by atoms with van der Waals surface area (Å²) in [5.74, 6) is 7.63. The monoisotopic (exact) mass is 282 g/mol. The Kier molecular flexibility index (Phi) is 4.69. The summed E-state index contributed by atoms with van der Waals surface area (Å²) in [6.45, 7) is 4.62. The number of anilines is 2. The summed E-state index contributed by atoms with van der Waals surface area (Å²) in [5.41, 5.74) is 4.20. The van der Waals surface area contributed by atoms with Gasteiger partial charge in [0.25, 0.3) is 0 Å². The minimum absolute atomic E-state index is 0.209. The summed E-state index contributed by atoms with van der Waals surface area (Å²) in [6, 6.07) is 11.3. The molecule has 6 heteroatoms. The zero-order valence-electron chi connectivity index (χ0n) is 12.1. The third-order valence-electron chi connectivity index (χ3n) is 2.94. The van der Waals surface area contributed by atoms with Gasteiger partial charge in [-0.25, -0.2) is 15.8 Å². The Hall–Kier alpha value is -2.65. The van der Waals surface area contributed by atoms with Crippen LogP contribution in [0, 0.1) is 11.3 Å². The van der Waals surface area contributed by atoms with E-state index in [0.717, 1.165) is 11.4 Å². The van der Waals surface area contributed by atoms with Gasteiger partial charge in [-0.1, -0.05) is 26.0 Å². The molecule has 6 nitrogen and oxygen atoms in total. The van der Waals surface area contributed by atoms with Crippen LogP contribution in [0.2, 0.25) is 0 Å². The van der Waals surface area contributed by atoms with Gasteiger partial charge in [-0.3, -0.25) is 0 Å². The van der Waals surface area contributed by atoms with E-state index >= 15 is 0 Å². The molecule has 0 spiro atoms. The second-order valence-corrected chi connectivity index (χ2v) is 4.96. The number of nitrogens with one attached hydrogen (secondary N) is 2. The summed E-state index contributed by atoms with van der Waals surface area (Å²) >= 11 is 0. The van der Waals surface area contributed by atoms with Crippen LogP contribution in [-0.4, -0.2) is 9.97 Å². The summed E-state index contributed by atoms with van der Waals surface area (Å²) in [4.78, 5) is 8.76. The van der Waals surface area contributed by atoms with Crippen molar-refractivity contribution in [2.24, 2.45) is 5.84 Å². The molecule has 0 aliphatic carbocycles. The average molecular weight is 282 g/mol. The van der Waals surface area contributed by atoms with Crippen LogP contribution in [0.4, 0.5) is 11.6 Å². The van der Waals surface area contributed by atoms with Gasteiger partial charge in [-0.05, 0) is 17.7 Å². The highest BCUT2D eigenvalue weighted by atomic mass is 15.3. The molecule has 0 saturated carbocycles. The number of hydrogen-bond acceptors (Lipinski definition) is 6. The Morgan fingerprint density at radius 2 is 2.00 bits per heavy atom. The van der Waals surface area contributed by atoms with Crippen molar-refractivity contribution < 1.29 is 0 Å². The molecule has 0 aliphatic heterocycles. The maximum atomic E-state index is 8.90. The molecule has 2 rings (SSSR count). The molecule has 0 atom stereocenters. The first-order chi connectivity index (χ1) is 10.1. The number of nitrogens with zero attached hydrogens (tertiary/aromatic N) is 3. The van der Waals surface area contributed by atoms with Crippen molar-refractivity contribution in [1.82, 2.24) is 9.97 Å². The van der Waals surface area contributed by atoms with Gasteiger partial charge in [-0.15, -0.1) is 0 Å². The first kappa shape index (κ1) is 14.8. The normalized spacial score (nSPS) is 10.2. The number of rotatable bonds is 5. The molecule has 0 aliphatic rings. The number of benzene rings is 1. The largest absolute Gasteiger partial charge is 0.366 e. The molecular weight excluding hydrogens is 264 g/mol. The lowest BCUT2D eigenvalue weighted by molar-refractivity contribution is 0.775. The molecule has 1 aromatic carbocycles. The van der Waals surface area contributed by atoms with Crippen molar-refractivity contribution in [3.8, 4) is 6.07 Å². The fourth-order valence-electron chi connectivity index (χ4n) is 1.83. The van der Waals surface area contributed by atoms with Crippen LogP contribution in [-0.2, 0) is 6.54 Å². The molecular formula is C15H18N6. The van der Waals surface area contributed by atoms with Crippen LogP contribution >= 0.6 is 0 Å². The quantitative estimate of drug-likeness (QED) is 0.575. The van der Waals surface area contributed by atoms with Crippen LogP contribution in [0.1, 0.15) is 36.7 Å². The summed E-state index contributed by atoms with van der Waals surface area (Å²) < 4.78 is 0. The topological polar surface area (TPSA) is 99.6 Å². The molecule has 108 valence electrons. The van der Waals surface area contributed by atoms with Crippen molar-refractivity contribution in [3.05, 3.63) is 47.3 Å². The maximum Gasteiger partial charge on any atom is 0.145 e. The second kappa shape index (κ2) is 6.68. The second-order valence-electron chi connectivity index (χ2n) is 4.96. The first-order valence-corrected chi connectivity index (χ1v) is 6.71. The van der Waals surface area contributed by atoms with Gasteiger partial charge < -0.3 is 10.7 Å². The van der Waals surface area contributed by atoms with E-state index in [2.05, 4.69) is 26.8 Å². The van der Waals surface area contributed by atoms with E-state index in [1.807, 2.05) is 32.0 Å². The van der Waals surface area contributed by atoms with Gasteiger partial charge in [0, 0.05) is 18.5 Å². The standard InChI is InChI=1S/C15H18N6/c1-10(2)15-19-13(7-14(20-15)21-17)18-9-12-5-3-4-11(6-12)8-16/h3-7,10H,9,17H2,1-2H3,(H2,18,19,20,21). The highest BCUT2D eigenvalue weighted by Crippen LogP contribution is 2.17. The molecule has 0 fully saturated rings. The van der Waals surface area contributed by atoms with Crippen LogP contribution in [0.3, 0.4) is 0 Å². The molecule has 4 N–H and O–H groups in total. The zero-order chi connectivity index (χ0) is 15.2. The Bertz CT molecular complexity index is 659. The average Bonchev–Trinajstić information content (AvgIpc) is 2.52. The molecule has 0 bridgehead atoms. The summed E-state index contributed by atoms with van der Waals surface area (Å²) in [5, 5.41) is 12.1. The number of hydrazine groups is 1. The molecule has 2 aromatic rings. The number of nitriles is 1. The Balaban J connectivity index is 2.15. The van der Waals surface area contributed by atoms with E-state index in [-0.39, 0.29) is 5.92 Å². The lowest BCUT2D eigenvalue weighted by atomic mass is 10.1. The maximum absolute atomic E-state index is 8.90. The van der Waals surface area contributed by atoms with Gasteiger partial charge in [0.15, 0.2) is 0 Å². The van der Waals surface area contributed by atoms with E-state index in [9.17, 15) is 0 Å². The van der Waals surface area contributed by atoms with Gasteiger partial charge in [0.05, 0.1) is 11.6 Å². The summed E-state index contributed by atoms with van der Waals surface area (Å²) in [7, 11) is 0. The highest BCUT2D eigenvalue weighted by Gasteiger charge is 2.07. The van der Waals surface area contributed by atoms with E-state index in [0.29, 0.717) is 23.7 Å². The predicted molar refractivity (Wildman–Crippen MR) is 82.4 cm³/mol. The SMILES string of the molecule is CC(C)c1nc(NN)cc(NCc2cccc(C#N)c2)n1. The van der Waals surface area contributed by atoms with Crippen molar-refractivity contribution in [2.75, 3.05) is 10.7 Å². The molecule has 0 unspecified atom stereocenters. The van der Waals surface area contributed by atoms with Gasteiger partial charge in [0.2, 0.25) is 0 Å². The zero-order valence-corrected chi connectivity index (χ0v) is 12.1. The van der Waals surface area contributed by atoms with Gasteiger partial charge in [-0.2, -0.15) is 5.26 Å². The Morgan fingerprint density at radius 3 is 2.67 bits per heavy atom. The van der Waals surface area contributed by atoms with E-state index in [4.69, 9.17) is 11.1 Å². The van der Waals surface area contributed by atoms with Crippen LogP contribution in [0.5, 0.6) is 0 Å². The third kappa shape index (κ3) is 3.91. The fourth-order valence-corrected chi connectivity index (χ4v) is 1.83.